The van der Waals surface area contributed by atoms with Crippen LogP contribution in [0.1, 0.15) is 28.4 Å². The number of methoxy groups -OCH3 is 1. The molecule has 1 heterocycles. The lowest BCUT2D eigenvalue weighted by Crippen LogP contribution is -2.13. The molecule has 1 amide bonds. The number of para-hydroxylation sites is 1. The van der Waals surface area contributed by atoms with Gasteiger partial charge in [-0.1, -0.05) is 31.2 Å². The van der Waals surface area contributed by atoms with E-state index in [1.807, 2.05) is 43.3 Å². The lowest BCUT2D eigenvalue weighted by molar-refractivity contribution is 0.102. The molecule has 3 rings (SSSR count). The van der Waals surface area contributed by atoms with Gasteiger partial charge in [0.15, 0.2) is 0 Å². The summed E-state index contributed by atoms with van der Waals surface area (Å²) in [6.45, 7) is 4.07. The lowest BCUT2D eigenvalue weighted by Gasteiger charge is -2.13. The molecule has 0 saturated heterocycles. The smallest absolute Gasteiger partial charge is 0.255 e. The van der Waals surface area contributed by atoms with E-state index < -0.39 is 0 Å². The third kappa shape index (κ3) is 4.44. The molecule has 2 N–H and O–H groups in total. The number of aromatic nitrogens is 1. The van der Waals surface area contributed by atoms with Crippen molar-refractivity contribution in [3.8, 4) is 5.75 Å². The number of anilines is 3. The van der Waals surface area contributed by atoms with Gasteiger partial charge in [0, 0.05) is 17.4 Å². The Morgan fingerprint density at radius 1 is 1.07 bits per heavy atom. The van der Waals surface area contributed by atoms with E-state index >= 15 is 0 Å². The van der Waals surface area contributed by atoms with Gasteiger partial charge < -0.3 is 15.4 Å². The fourth-order valence-corrected chi connectivity index (χ4v) is 2.84. The fourth-order valence-electron chi connectivity index (χ4n) is 2.84. The number of carbonyl (C=O) groups is 1. The number of rotatable bonds is 6. The zero-order valence-corrected chi connectivity index (χ0v) is 15.7. The Morgan fingerprint density at radius 2 is 1.89 bits per heavy atom. The molecular weight excluding hydrogens is 338 g/mol. The highest BCUT2D eigenvalue weighted by atomic mass is 16.5. The topological polar surface area (TPSA) is 63.2 Å². The molecular formula is C22H23N3O2. The molecule has 3 aromatic rings. The Balaban J connectivity index is 1.81. The first-order chi connectivity index (χ1) is 13.1. The van der Waals surface area contributed by atoms with Crippen molar-refractivity contribution in [3.63, 3.8) is 0 Å². The molecule has 1 aromatic heterocycles. The minimum Gasteiger partial charge on any atom is -0.495 e. The molecule has 27 heavy (non-hydrogen) atoms. The van der Waals surface area contributed by atoms with E-state index in [0.29, 0.717) is 22.8 Å². The minimum absolute atomic E-state index is 0.215. The molecule has 0 aliphatic carbocycles. The SMILES string of the molecule is CCc1ccccc1Nc1cc(C(=O)Nc2cc(C)ccc2OC)ccn1. The number of pyridine rings is 1. The highest BCUT2D eigenvalue weighted by Gasteiger charge is 2.11. The predicted molar refractivity (Wildman–Crippen MR) is 109 cm³/mol. The molecule has 0 unspecified atom stereocenters. The standard InChI is InChI=1S/C22H23N3O2/c1-4-16-7-5-6-8-18(16)24-21-14-17(11-12-23-21)22(26)25-19-13-15(2)9-10-20(19)27-3/h5-14H,4H2,1-3H3,(H,23,24)(H,25,26). The molecule has 0 fully saturated rings. The van der Waals surface area contributed by atoms with Gasteiger partial charge in [-0.15, -0.1) is 0 Å². The Kier molecular flexibility index (Phi) is 5.71. The Morgan fingerprint density at radius 3 is 2.67 bits per heavy atom. The molecule has 0 saturated carbocycles. The molecule has 2 aromatic carbocycles. The van der Waals surface area contributed by atoms with Crippen LogP contribution in [0.5, 0.6) is 5.75 Å². The van der Waals surface area contributed by atoms with Gasteiger partial charge in [0.2, 0.25) is 0 Å². The molecule has 5 heteroatoms. The van der Waals surface area contributed by atoms with E-state index in [4.69, 9.17) is 4.74 Å². The molecule has 0 bridgehead atoms. The van der Waals surface area contributed by atoms with Crippen LogP contribution in [0.25, 0.3) is 0 Å². The zero-order valence-electron chi connectivity index (χ0n) is 15.7. The summed E-state index contributed by atoms with van der Waals surface area (Å²) in [6.07, 6.45) is 2.54. The van der Waals surface area contributed by atoms with Gasteiger partial charge in [0.05, 0.1) is 12.8 Å². The Bertz CT molecular complexity index is 954. The molecule has 0 radical (unpaired) electrons. The monoisotopic (exact) mass is 361 g/mol. The summed E-state index contributed by atoms with van der Waals surface area (Å²) in [6, 6.07) is 17.2. The second kappa shape index (κ2) is 8.36. The van der Waals surface area contributed by atoms with Crippen molar-refractivity contribution in [1.82, 2.24) is 4.98 Å². The van der Waals surface area contributed by atoms with Crippen molar-refractivity contribution in [2.45, 2.75) is 20.3 Å². The average molecular weight is 361 g/mol. The first kappa shape index (κ1) is 18.5. The summed E-state index contributed by atoms with van der Waals surface area (Å²) in [4.78, 5) is 17.0. The van der Waals surface area contributed by atoms with Gasteiger partial charge >= 0.3 is 0 Å². The number of nitrogens with zero attached hydrogens (tertiary/aromatic N) is 1. The molecule has 0 atom stereocenters. The summed E-state index contributed by atoms with van der Waals surface area (Å²) >= 11 is 0. The Labute approximate surface area is 159 Å². The maximum Gasteiger partial charge on any atom is 0.255 e. The summed E-state index contributed by atoms with van der Waals surface area (Å²) in [5.74, 6) is 1.03. The largest absolute Gasteiger partial charge is 0.495 e. The third-order valence-electron chi connectivity index (χ3n) is 4.29. The second-order valence-corrected chi connectivity index (χ2v) is 6.22. The first-order valence-electron chi connectivity index (χ1n) is 8.87. The van der Waals surface area contributed by atoms with Gasteiger partial charge in [-0.25, -0.2) is 4.98 Å². The quantitative estimate of drug-likeness (QED) is 0.651. The summed E-state index contributed by atoms with van der Waals surface area (Å²) in [5.41, 5.74) is 4.39. The number of hydrogen-bond acceptors (Lipinski definition) is 4. The predicted octanol–water partition coefficient (Wildman–Crippen LogP) is 4.96. The number of nitrogens with one attached hydrogen (secondary N) is 2. The van der Waals surface area contributed by atoms with Crippen molar-refractivity contribution < 1.29 is 9.53 Å². The number of carbonyl (C=O) groups excluding carboxylic acids is 1. The van der Waals surface area contributed by atoms with Crippen LogP contribution in [-0.2, 0) is 6.42 Å². The highest BCUT2D eigenvalue weighted by molar-refractivity contribution is 6.05. The highest BCUT2D eigenvalue weighted by Crippen LogP contribution is 2.26. The number of benzene rings is 2. The van der Waals surface area contributed by atoms with Crippen LogP contribution in [0.15, 0.2) is 60.8 Å². The van der Waals surface area contributed by atoms with Gasteiger partial charge in [0.1, 0.15) is 11.6 Å². The van der Waals surface area contributed by atoms with Crippen molar-refractivity contribution in [2.24, 2.45) is 0 Å². The van der Waals surface area contributed by atoms with E-state index in [-0.39, 0.29) is 5.91 Å². The normalized spacial score (nSPS) is 10.3. The van der Waals surface area contributed by atoms with Crippen LogP contribution in [-0.4, -0.2) is 18.0 Å². The van der Waals surface area contributed by atoms with Crippen molar-refractivity contribution >= 4 is 23.1 Å². The van der Waals surface area contributed by atoms with Gasteiger partial charge in [-0.3, -0.25) is 4.79 Å². The van der Waals surface area contributed by atoms with Crippen LogP contribution < -0.4 is 15.4 Å². The van der Waals surface area contributed by atoms with Gasteiger partial charge in [-0.05, 0) is 54.8 Å². The molecule has 0 spiro atoms. The second-order valence-electron chi connectivity index (χ2n) is 6.22. The Hall–Kier alpha value is -3.34. The number of aryl methyl sites for hydroxylation is 2. The van der Waals surface area contributed by atoms with Crippen LogP contribution in [0.4, 0.5) is 17.2 Å². The third-order valence-corrected chi connectivity index (χ3v) is 4.29. The van der Waals surface area contributed by atoms with Crippen LogP contribution in [0, 0.1) is 6.92 Å². The molecule has 5 nitrogen and oxygen atoms in total. The fraction of sp³-hybridized carbons (Fsp3) is 0.182. The van der Waals surface area contributed by atoms with E-state index in [2.05, 4.69) is 28.6 Å². The first-order valence-corrected chi connectivity index (χ1v) is 8.87. The van der Waals surface area contributed by atoms with Crippen molar-refractivity contribution in [3.05, 3.63) is 77.5 Å². The maximum atomic E-state index is 12.7. The van der Waals surface area contributed by atoms with E-state index in [1.54, 1.807) is 25.4 Å². The number of ether oxygens (including phenoxy) is 1. The lowest BCUT2D eigenvalue weighted by atomic mass is 10.1. The van der Waals surface area contributed by atoms with Crippen LogP contribution in [0.2, 0.25) is 0 Å². The van der Waals surface area contributed by atoms with Gasteiger partial charge in [-0.2, -0.15) is 0 Å². The summed E-state index contributed by atoms with van der Waals surface area (Å²) in [7, 11) is 1.58. The zero-order chi connectivity index (χ0) is 19.2. The maximum absolute atomic E-state index is 12.7. The summed E-state index contributed by atoms with van der Waals surface area (Å²) in [5, 5.41) is 6.21. The van der Waals surface area contributed by atoms with Crippen LogP contribution in [0.3, 0.4) is 0 Å². The van der Waals surface area contributed by atoms with Crippen molar-refractivity contribution in [1.29, 1.82) is 0 Å². The van der Waals surface area contributed by atoms with Gasteiger partial charge in [0.25, 0.3) is 5.91 Å². The summed E-state index contributed by atoms with van der Waals surface area (Å²) < 4.78 is 5.33. The van der Waals surface area contributed by atoms with Crippen molar-refractivity contribution in [2.75, 3.05) is 17.7 Å². The van der Waals surface area contributed by atoms with E-state index in [9.17, 15) is 4.79 Å². The average Bonchev–Trinajstić information content (AvgIpc) is 2.69. The number of hydrogen-bond donors (Lipinski definition) is 2. The number of amides is 1. The van der Waals surface area contributed by atoms with Crippen LogP contribution >= 0.6 is 0 Å². The molecule has 0 aliphatic rings. The van der Waals surface area contributed by atoms with E-state index in [0.717, 1.165) is 17.7 Å². The molecule has 0 aliphatic heterocycles. The minimum atomic E-state index is -0.215. The molecule has 138 valence electrons. The van der Waals surface area contributed by atoms with E-state index in [1.165, 1.54) is 5.56 Å².